The minimum Gasteiger partial charge on any atom is -0.255 e. The summed E-state index contributed by atoms with van der Waals surface area (Å²) in [6.45, 7) is 1.95. The highest BCUT2D eigenvalue weighted by molar-refractivity contribution is 9.10. The molecule has 0 N–H and O–H groups in total. The molecule has 1 aliphatic carbocycles. The van der Waals surface area contributed by atoms with E-state index in [0.29, 0.717) is 0 Å². The Balaban J connectivity index is 1.76. The summed E-state index contributed by atoms with van der Waals surface area (Å²) in [6.07, 6.45) is 8.75. The molecule has 0 fully saturated rings. The Hall–Kier alpha value is -2.34. The number of halogens is 1. The van der Waals surface area contributed by atoms with E-state index in [1.807, 2.05) is 37.4 Å². The lowest BCUT2D eigenvalue weighted by atomic mass is 9.97. The Morgan fingerprint density at radius 3 is 3.05 bits per heavy atom. The van der Waals surface area contributed by atoms with Crippen LogP contribution in [0.15, 0.2) is 40.5 Å². The van der Waals surface area contributed by atoms with Crippen LogP contribution in [0.1, 0.15) is 22.8 Å². The number of aryl methyl sites for hydroxylation is 1. The molecule has 0 radical (unpaired) electrons. The summed E-state index contributed by atoms with van der Waals surface area (Å²) >= 11 is 3.47. The van der Waals surface area contributed by atoms with Crippen LogP contribution in [0.3, 0.4) is 0 Å². The average Bonchev–Trinajstić information content (AvgIpc) is 2.89. The Morgan fingerprint density at radius 2 is 2.14 bits per heavy atom. The maximum atomic E-state index is 4.46. The SMILES string of the molecule is Cc1ccc2nnc(C=C3C=Cc4ncc(Br)cc4C3)n2n1. The van der Waals surface area contributed by atoms with Crippen LogP contribution in [0.5, 0.6) is 0 Å². The van der Waals surface area contributed by atoms with Gasteiger partial charge in [0.05, 0.1) is 11.4 Å². The quantitative estimate of drug-likeness (QED) is 0.673. The molecule has 0 saturated carbocycles. The van der Waals surface area contributed by atoms with E-state index in [2.05, 4.69) is 48.4 Å². The number of hydrogen-bond acceptors (Lipinski definition) is 4. The van der Waals surface area contributed by atoms with Gasteiger partial charge in [-0.2, -0.15) is 9.61 Å². The lowest BCUT2D eigenvalue weighted by molar-refractivity contribution is 0.880. The monoisotopic (exact) mass is 353 g/mol. The van der Waals surface area contributed by atoms with Crippen molar-refractivity contribution in [2.24, 2.45) is 0 Å². The summed E-state index contributed by atoms with van der Waals surface area (Å²) in [6, 6.07) is 5.95. The maximum Gasteiger partial charge on any atom is 0.178 e. The third-order valence-electron chi connectivity index (χ3n) is 3.55. The van der Waals surface area contributed by atoms with Crippen molar-refractivity contribution in [3.8, 4) is 0 Å². The molecule has 0 bridgehead atoms. The minimum absolute atomic E-state index is 0.741. The van der Waals surface area contributed by atoms with Crippen LogP contribution < -0.4 is 0 Å². The van der Waals surface area contributed by atoms with Gasteiger partial charge in [0.15, 0.2) is 11.5 Å². The van der Waals surface area contributed by atoms with Crippen molar-refractivity contribution in [1.29, 1.82) is 0 Å². The van der Waals surface area contributed by atoms with Gasteiger partial charge in [-0.25, -0.2) is 0 Å². The average molecular weight is 354 g/mol. The fourth-order valence-electron chi connectivity index (χ4n) is 2.50. The van der Waals surface area contributed by atoms with Crippen molar-refractivity contribution in [2.45, 2.75) is 13.3 Å². The molecule has 3 heterocycles. The smallest absolute Gasteiger partial charge is 0.178 e. The van der Waals surface area contributed by atoms with Gasteiger partial charge in [-0.3, -0.25) is 4.98 Å². The van der Waals surface area contributed by atoms with Crippen molar-refractivity contribution >= 4 is 33.7 Å². The van der Waals surface area contributed by atoms with Crippen LogP contribution in [0.25, 0.3) is 17.8 Å². The standard InChI is InChI=1S/C16H12BrN5/c1-10-2-5-15-19-20-16(22(15)21-10)7-11-3-4-14-12(6-11)8-13(17)9-18-14/h2-5,7-9H,6H2,1H3. The zero-order chi connectivity index (χ0) is 15.1. The van der Waals surface area contributed by atoms with E-state index < -0.39 is 0 Å². The number of pyridine rings is 1. The Morgan fingerprint density at radius 1 is 1.23 bits per heavy atom. The van der Waals surface area contributed by atoms with Crippen molar-refractivity contribution in [3.63, 3.8) is 0 Å². The Labute approximate surface area is 135 Å². The van der Waals surface area contributed by atoms with Crippen LogP contribution in [0.4, 0.5) is 0 Å². The van der Waals surface area contributed by atoms with Gasteiger partial charge in [-0.1, -0.05) is 6.08 Å². The first kappa shape index (κ1) is 13.3. The highest BCUT2D eigenvalue weighted by Gasteiger charge is 2.11. The second-order valence-corrected chi connectivity index (χ2v) is 6.15. The lowest BCUT2D eigenvalue weighted by Gasteiger charge is -2.12. The van der Waals surface area contributed by atoms with E-state index in [4.69, 9.17) is 0 Å². The molecular weight excluding hydrogens is 342 g/mol. The number of nitrogens with zero attached hydrogens (tertiary/aromatic N) is 5. The molecule has 5 nitrogen and oxygen atoms in total. The van der Waals surface area contributed by atoms with E-state index in [1.54, 1.807) is 4.52 Å². The van der Waals surface area contributed by atoms with Gasteiger partial charge < -0.3 is 0 Å². The summed E-state index contributed by atoms with van der Waals surface area (Å²) in [5.41, 5.74) is 5.05. The van der Waals surface area contributed by atoms with Crippen molar-refractivity contribution in [3.05, 3.63) is 63.3 Å². The predicted molar refractivity (Wildman–Crippen MR) is 88.2 cm³/mol. The first-order valence-electron chi connectivity index (χ1n) is 6.91. The van der Waals surface area contributed by atoms with Crippen LogP contribution in [-0.4, -0.2) is 24.8 Å². The predicted octanol–water partition coefficient (Wildman–Crippen LogP) is 3.24. The molecule has 3 aromatic heterocycles. The van der Waals surface area contributed by atoms with E-state index in [9.17, 15) is 0 Å². The zero-order valence-electron chi connectivity index (χ0n) is 11.9. The summed E-state index contributed by atoms with van der Waals surface area (Å²) in [5, 5.41) is 12.8. The van der Waals surface area contributed by atoms with Gasteiger partial charge >= 0.3 is 0 Å². The molecule has 0 aliphatic heterocycles. The summed E-state index contributed by atoms with van der Waals surface area (Å²) in [4.78, 5) is 4.41. The molecule has 1 aliphatic rings. The first-order valence-corrected chi connectivity index (χ1v) is 7.70. The fraction of sp³-hybridized carbons (Fsp3) is 0.125. The first-order chi connectivity index (χ1) is 10.7. The fourth-order valence-corrected chi connectivity index (χ4v) is 2.88. The minimum atomic E-state index is 0.741. The normalized spacial score (nSPS) is 15.5. The maximum absolute atomic E-state index is 4.46. The topological polar surface area (TPSA) is 56.0 Å². The van der Waals surface area contributed by atoms with E-state index >= 15 is 0 Å². The molecular formula is C16H12BrN5. The summed E-state index contributed by atoms with van der Waals surface area (Å²) in [5.74, 6) is 0.741. The molecule has 6 heteroatoms. The lowest BCUT2D eigenvalue weighted by Crippen LogP contribution is -2.01. The molecule has 0 saturated heterocycles. The van der Waals surface area contributed by atoms with Crippen LogP contribution in [0.2, 0.25) is 0 Å². The Kier molecular flexibility index (Phi) is 3.11. The highest BCUT2D eigenvalue weighted by atomic mass is 79.9. The van der Waals surface area contributed by atoms with Gasteiger partial charge in [0.25, 0.3) is 0 Å². The molecule has 0 aromatic carbocycles. The summed E-state index contributed by atoms with van der Waals surface area (Å²) in [7, 11) is 0. The van der Waals surface area contributed by atoms with E-state index in [0.717, 1.165) is 39.3 Å². The van der Waals surface area contributed by atoms with E-state index in [1.165, 1.54) is 5.56 Å². The number of hydrogen-bond donors (Lipinski definition) is 0. The largest absolute Gasteiger partial charge is 0.255 e. The molecule has 0 atom stereocenters. The van der Waals surface area contributed by atoms with Crippen molar-refractivity contribution in [1.82, 2.24) is 24.8 Å². The van der Waals surface area contributed by atoms with Gasteiger partial charge in [0.2, 0.25) is 0 Å². The van der Waals surface area contributed by atoms with Crippen LogP contribution in [0, 0.1) is 6.92 Å². The zero-order valence-corrected chi connectivity index (χ0v) is 13.4. The van der Waals surface area contributed by atoms with Gasteiger partial charge in [0.1, 0.15) is 0 Å². The van der Waals surface area contributed by atoms with Crippen molar-refractivity contribution < 1.29 is 0 Å². The second kappa shape index (κ2) is 5.14. The van der Waals surface area contributed by atoms with Crippen molar-refractivity contribution in [2.75, 3.05) is 0 Å². The Bertz CT molecular complexity index is 939. The van der Waals surface area contributed by atoms with Gasteiger partial charge in [0, 0.05) is 10.7 Å². The molecule has 108 valence electrons. The number of rotatable bonds is 1. The number of allylic oxidation sites excluding steroid dienone is 2. The third-order valence-corrected chi connectivity index (χ3v) is 3.99. The van der Waals surface area contributed by atoms with Gasteiger partial charge in [-0.15, -0.1) is 10.2 Å². The molecule has 0 amide bonds. The molecule has 22 heavy (non-hydrogen) atoms. The number of fused-ring (bicyclic) bond motifs is 2. The molecule has 3 aromatic rings. The second-order valence-electron chi connectivity index (χ2n) is 5.23. The molecule has 0 unspecified atom stereocenters. The van der Waals surface area contributed by atoms with E-state index in [-0.39, 0.29) is 0 Å². The van der Waals surface area contributed by atoms with Crippen LogP contribution >= 0.6 is 15.9 Å². The molecule has 0 spiro atoms. The van der Waals surface area contributed by atoms with Gasteiger partial charge in [-0.05, 0) is 70.8 Å². The summed E-state index contributed by atoms with van der Waals surface area (Å²) < 4.78 is 2.76. The van der Waals surface area contributed by atoms with Crippen LogP contribution in [-0.2, 0) is 6.42 Å². The number of aromatic nitrogens is 5. The molecule has 4 rings (SSSR count). The third kappa shape index (κ3) is 2.35. The highest BCUT2D eigenvalue weighted by Crippen LogP contribution is 2.24.